The molecular weight excluding hydrogens is 276 g/mol. The number of carbonyl (C=O) groups is 1. The van der Waals surface area contributed by atoms with E-state index >= 15 is 0 Å². The van der Waals surface area contributed by atoms with E-state index in [0.29, 0.717) is 24.7 Å². The lowest BCUT2D eigenvalue weighted by Gasteiger charge is -2.09. The molecule has 0 saturated carbocycles. The molecule has 3 heteroatoms. The van der Waals surface area contributed by atoms with Crippen LogP contribution in [-0.4, -0.2) is 25.8 Å². The highest BCUT2D eigenvalue weighted by Gasteiger charge is 2.09. The lowest BCUT2D eigenvalue weighted by atomic mass is 10.0. The first-order valence-corrected chi connectivity index (χ1v) is 8.44. The van der Waals surface area contributed by atoms with Gasteiger partial charge in [-0.1, -0.05) is 33.8 Å². The summed E-state index contributed by atoms with van der Waals surface area (Å²) >= 11 is 0. The second kappa shape index (κ2) is 10.4. The zero-order chi connectivity index (χ0) is 16.4. The Morgan fingerprint density at radius 3 is 2.18 bits per heavy atom. The summed E-state index contributed by atoms with van der Waals surface area (Å²) in [5.74, 6) is 0.454. The van der Waals surface area contributed by atoms with Crippen molar-refractivity contribution in [3.8, 4) is 0 Å². The van der Waals surface area contributed by atoms with Crippen molar-refractivity contribution >= 4 is 5.97 Å². The molecule has 0 saturated heterocycles. The average molecular weight is 306 g/mol. The predicted molar refractivity (Wildman–Crippen MR) is 90.4 cm³/mol. The van der Waals surface area contributed by atoms with Crippen LogP contribution in [0.4, 0.5) is 0 Å². The smallest absolute Gasteiger partial charge is 0.338 e. The summed E-state index contributed by atoms with van der Waals surface area (Å²) in [7, 11) is 0. The Balaban J connectivity index is 2.33. The maximum atomic E-state index is 12.1. The summed E-state index contributed by atoms with van der Waals surface area (Å²) in [6, 6.07) is 5.99. The third-order valence-electron chi connectivity index (χ3n) is 3.64. The first-order chi connectivity index (χ1) is 10.6. The minimum atomic E-state index is -0.254. The van der Waals surface area contributed by atoms with E-state index in [2.05, 4.69) is 33.8 Å². The molecule has 0 aliphatic heterocycles. The third-order valence-corrected chi connectivity index (χ3v) is 3.64. The Hall–Kier alpha value is -1.35. The fourth-order valence-corrected chi connectivity index (χ4v) is 2.26. The van der Waals surface area contributed by atoms with Gasteiger partial charge >= 0.3 is 5.97 Å². The predicted octanol–water partition coefficient (Wildman–Crippen LogP) is 4.42. The van der Waals surface area contributed by atoms with Crippen LogP contribution < -0.4 is 0 Å². The van der Waals surface area contributed by atoms with E-state index in [-0.39, 0.29) is 5.97 Å². The van der Waals surface area contributed by atoms with Gasteiger partial charge in [0.2, 0.25) is 0 Å². The molecule has 0 amide bonds. The van der Waals surface area contributed by atoms with Crippen molar-refractivity contribution in [2.24, 2.45) is 5.92 Å². The molecule has 1 aromatic rings. The summed E-state index contributed by atoms with van der Waals surface area (Å²) < 4.78 is 10.8. The van der Waals surface area contributed by atoms with Gasteiger partial charge in [0, 0.05) is 6.61 Å². The van der Waals surface area contributed by atoms with Gasteiger partial charge in [0.1, 0.15) is 6.61 Å². The molecule has 124 valence electrons. The van der Waals surface area contributed by atoms with Crippen molar-refractivity contribution in [1.29, 1.82) is 0 Å². The Morgan fingerprint density at radius 1 is 1.00 bits per heavy atom. The highest BCUT2D eigenvalue weighted by molar-refractivity contribution is 5.89. The van der Waals surface area contributed by atoms with E-state index in [1.165, 1.54) is 17.5 Å². The first-order valence-electron chi connectivity index (χ1n) is 8.44. The minimum absolute atomic E-state index is 0.254. The van der Waals surface area contributed by atoms with Crippen LogP contribution in [0, 0.1) is 5.92 Å². The molecule has 0 radical (unpaired) electrons. The summed E-state index contributed by atoms with van der Waals surface area (Å²) in [5.41, 5.74) is 3.00. The Morgan fingerprint density at radius 2 is 1.64 bits per heavy atom. The summed E-state index contributed by atoms with van der Waals surface area (Å²) in [6.07, 6.45) is 4.08. The summed E-state index contributed by atoms with van der Waals surface area (Å²) in [6.45, 7) is 10.1. The highest BCUT2D eigenvalue weighted by atomic mass is 16.6. The van der Waals surface area contributed by atoms with Gasteiger partial charge < -0.3 is 9.47 Å². The molecule has 3 nitrogen and oxygen atoms in total. The van der Waals surface area contributed by atoms with E-state index in [0.717, 1.165) is 25.9 Å². The van der Waals surface area contributed by atoms with Crippen LogP contribution >= 0.6 is 0 Å². The second-order valence-corrected chi connectivity index (χ2v) is 6.03. The zero-order valence-electron chi connectivity index (χ0n) is 14.5. The Labute approximate surface area is 135 Å². The van der Waals surface area contributed by atoms with Crippen molar-refractivity contribution < 1.29 is 14.3 Å². The van der Waals surface area contributed by atoms with Gasteiger partial charge in [0.25, 0.3) is 0 Å². The van der Waals surface area contributed by atoms with Crippen LogP contribution in [-0.2, 0) is 22.3 Å². The third kappa shape index (κ3) is 7.08. The lowest BCUT2D eigenvalue weighted by molar-refractivity contribution is 0.0310. The molecule has 0 aromatic heterocycles. The molecule has 0 N–H and O–H groups in total. The van der Waals surface area contributed by atoms with Crippen molar-refractivity contribution in [3.05, 3.63) is 34.9 Å². The molecule has 22 heavy (non-hydrogen) atoms. The Kier molecular flexibility index (Phi) is 8.83. The number of benzene rings is 1. The average Bonchev–Trinajstić information content (AvgIpc) is 2.52. The van der Waals surface area contributed by atoms with Crippen LogP contribution in [0.1, 0.15) is 62.0 Å². The number of hydrogen-bond acceptors (Lipinski definition) is 3. The highest BCUT2D eigenvalue weighted by Crippen LogP contribution is 2.13. The molecule has 1 aromatic carbocycles. The minimum Gasteiger partial charge on any atom is -0.460 e. The zero-order valence-corrected chi connectivity index (χ0v) is 14.5. The van der Waals surface area contributed by atoms with Crippen molar-refractivity contribution in [1.82, 2.24) is 0 Å². The fraction of sp³-hybridized carbons (Fsp3) is 0.632. The number of esters is 1. The van der Waals surface area contributed by atoms with Gasteiger partial charge in [-0.25, -0.2) is 4.79 Å². The van der Waals surface area contributed by atoms with E-state index in [9.17, 15) is 4.79 Å². The molecule has 0 aliphatic rings. The number of rotatable bonds is 10. The number of aryl methyl sites for hydroxylation is 2. The standard InChI is InChI=1S/C19H30O3/c1-5-16-12-17(6-2)14-18(13-16)19(20)22-11-10-21-9-7-8-15(3)4/h12-15H,5-11H2,1-4H3. The molecule has 0 atom stereocenters. The molecule has 0 spiro atoms. The molecule has 0 fully saturated rings. The molecule has 0 aliphatic carbocycles. The molecule has 0 heterocycles. The van der Waals surface area contributed by atoms with Crippen LogP contribution in [0.25, 0.3) is 0 Å². The largest absolute Gasteiger partial charge is 0.460 e. The number of carbonyl (C=O) groups excluding carboxylic acids is 1. The van der Waals surface area contributed by atoms with Crippen LogP contribution in [0.15, 0.2) is 18.2 Å². The molecule has 0 unspecified atom stereocenters. The van der Waals surface area contributed by atoms with Crippen LogP contribution in [0.3, 0.4) is 0 Å². The summed E-state index contributed by atoms with van der Waals surface area (Å²) in [4.78, 5) is 12.1. The first kappa shape index (κ1) is 18.7. The topological polar surface area (TPSA) is 35.5 Å². The van der Waals surface area contributed by atoms with Crippen LogP contribution in [0.5, 0.6) is 0 Å². The van der Waals surface area contributed by atoms with Gasteiger partial charge in [-0.3, -0.25) is 0 Å². The van der Waals surface area contributed by atoms with Crippen LogP contribution in [0.2, 0.25) is 0 Å². The van der Waals surface area contributed by atoms with Gasteiger partial charge in [-0.2, -0.15) is 0 Å². The van der Waals surface area contributed by atoms with E-state index in [1.807, 2.05) is 12.1 Å². The lowest BCUT2D eigenvalue weighted by Crippen LogP contribution is -2.12. The maximum absolute atomic E-state index is 12.1. The molecule has 1 rings (SSSR count). The second-order valence-electron chi connectivity index (χ2n) is 6.03. The number of ether oxygens (including phenoxy) is 2. The normalized spacial score (nSPS) is 11.0. The van der Waals surface area contributed by atoms with Crippen molar-refractivity contribution in [2.45, 2.75) is 53.4 Å². The quantitative estimate of drug-likeness (QED) is 0.474. The van der Waals surface area contributed by atoms with E-state index in [1.54, 1.807) is 0 Å². The van der Waals surface area contributed by atoms with Crippen molar-refractivity contribution in [2.75, 3.05) is 19.8 Å². The summed E-state index contributed by atoms with van der Waals surface area (Å²) in [5, 5.41) is 0. The van der Waals surface area contributed by atoms with E-state index < -0.39 is 0 Å². The number of hydrogen-bond donors (Lipinski definition) is 0. The fourth-order valence-electron chi connectivity index (χ4n) is 2.26. The monoisotopic (exact) mass is 306 g/mol. The molecule has 0 bridgehead atoms. The Bertz CT molecular complexity index is 430. The van der Waals surface area contributed by atoms with Gasteiger partial charge in [-0.05, 0) is 54.9 Å². The van der Waals surface area contributed by atoms with Gasteiger partial charge in [0.15, 0.2) is 0 Å². The van der Waals surface area contributed by atoms with Gasteiger partial charge in [0.05, 0.1) is 12.2 Å². The van der Waals surface area contributed by atoms with Crippen molar-refractivity contribution in [3.63, 3.8) is 0 Å². The SMILES string of the molecule is CCc1cc(CC)cc(C(=O)OCCOCCCC(C)C)c1. The van der Waals surface area contributed by atoms with Gasteiger partial charge in [-0.15, -0.1) is 0 Å². The maximum Gasteiger partial charge on any atom is 0.338 e. The van der Waals surface area contributed by atoms with E-state index in [4.69, 9.17) is 9.47 Å². The molecular formula is C19H30O3.